The maximum absolute atomic E-state index is 12.4. The van der Waals surface area contributed by atoms with Gasteiger partial charge in [0.25, 0.3) is 5.91 Å². The Hall–Kier alpha value is -2.37. The first-order valence-corrected chi connectivity index (χ1v) is 7.69. The SMILES string of the molecule is C=CCOc1ccc(C(=O)Nc2cc(Cl)c(N)c(Cl)c2)cc1OC. The number of benzene rings is 2. The monoisotopic (exact) mass is 366 g/mol. The number of nitrogens with one attached hydrogen (secondary N) is 1. The van der Waals surface area contributed by atoms with Crippen molar-refractivity contribution in [3.63, 3.8) is 0 Å². The maximum Gasteiger partial charge on any atom is 0.255 e. The molecule has 7 heteroatoms. The zero-order chi connectivity index (χ0) is 17.7. The second-order valence-corrected chi connectivity index (χ2v) is 5.59. The summed E-state index contributed by atoms with van der Waals surface area (Å²) in [4.78, 5) is 12.4. The van der Waals surface area contributed by atoms with Crippen molar-refractivity contribution in [3.8, 4) is 11.5 Å². The average molecular weight is 367 g/mol. The highest BCUT2D eigenvalue weighted by Gasteiger charge is 2.13. The van der Waals surface area contributed by atoms with E-state index in [1.807, 2.05) is 0 Å². The van der Waals surface area contributed by atoms with Gasteiger partial charge in [-0.05, 0) is 30.3 Å². The van der Waals surface area contributed by atoms with E-state index < -0.39 is 0 Å². The normalized spacial score (nSPS) is 10.1. The standard InChI is InChI=1S/C17H16Cl2N2O3/c1-3-6-24-14-5-4-10(7-15(14)23-2)17(22)21-11-8-12(18)16(20)13(19)9-11/h3-5,7-9H,1,6,20H2,2H3,(H,21,22). The first-order valence-electron chi connectivity index (χ1n) is 6.94. The van der Waals surface area contributed by atoms with Crippen LogP contribution in [-0.4, -0.2) is 19.6 Å². The molecule has 0 aliphatic carbocycles. The van der Waals surface area contributed by atoms with Crippen LogP contribution in [0, 0.1) is 0 Å². The first kappa shape index (κ1) is 18.0. The van der Waals surface area contributed by atoms with Crippen molar-refractivity contribution in [2.45, 2.75) is 0 Å². The summed E-state index contributed by atoms with van der Waals surface area (Å²) in [6.45, 7) is 3.92. The van der Waals surface area contributed by atoms with E-state index in [0.29, 0.717) is 29.4 Å². The molecule has 5 nitrogen and oxygen atoms in total. The summed E-state index contributed by atoms with van der Waals surface area (Å²) in [6.07, 6.45) is 1.62. The number of carbonyl (C=O) groups is 1. The molecule has 24 heavy (non-hydrogen) atoms. The second-order valence-electron chi connectivity index (χ2n) is 4.77. The van der Waals surface area contributed by atoms with Crippen molar-refractivity contribution in [1.82, 2.24) is 0 Å². The summed E-state index contributed by atoms with van der Waals surface area (Å²) >= 11 is 11.9. The van der Waals surface area contributed by atoms with Crippen molar-refractivity contribution in [1.29, 1.82) is 0 Å². The molecular weight excluding hydrogens is 351 g/mol. The molecule has 0 aliphatic heterocycles. The Kier molecular flexibility index (Phi) is 5.95. The molecule has 0 radical (unpaired) electrons. The molecule has 126 valence electrons. The Morgan fingerprint density at radius 2 is 1.92 bits per heavy atom. The number of nitrogen functional groups attached to an aromatic ring is 1. The number of nitrogens with two attached hydrogens (primary N) is 1. The minimum Gasteiger partial charge on any atom is -0.493 e. The quantitative estimate of drug-likeness (QED) is 0.586. The predicted octanol–water partition coefficient (Wildman–Crippen LogP) is 4.40. The zero-order valence-electron chi connectivity index (χ0n) is 12.9. The summed E-state index contributed by atoms with van der Waals surface area (Å²) < 4.78 is 10.7. The van der Waals surface area contributed by atoms with Crippen molar-refractivity contribution in [2.24, 2.45) is 0 Å². The van der Waals surface area contributed by atoms with Gasteiger partial charge in [0, 0.05) is 11.3 Å². The van der Waals surface area contributed by atoms with Gasteiger partial charge in [-0.3, -0.25) is 4.79 Å². The lowest BCUT2D eigenvalue weighted by molar-refractivity contribution is 0.102. The van der Waals surface area contributed by atoms with Gasteiger partial charge in [0.2, 0.25) is 0 Å². The third-order valence-electron chi connectivity index (χ3n) is 3.12. The molecule has 0 unspecified atom stereocenters. The molecule has 1 amide bonds. The second kappa shape index (κ2) is 7.95. The van der Waals surface area contributed by atoms with Crippen LogP contribution in [0.2, 0.25) is 10.0 Å². The largest absolute Gasteiger partial charge is 0.493 e. The lowest BCUT2D eigenvalue weighted by atomic mass is 10.1. The number of methoxy groups -OCH3 is 1. The molecule has 0 heterocycles. The van der Waals surface area contributed by atoms with Gasteiger partial charge in [-0.25, -0.2) is 0 Å². The van der Waals surface area contributed by atoms with Gasteiger partial charge in [-0.2, -0.15) is 0 Å². The van der Waals surface area contributed by atoms with Gasteiger partial charge in [-0.15, -0.1) is 0 Å². The summed E-state index contributed by atoms with van der Waals surface area (Å²) in [5, 5.41) is 3.24. The highest BCUT2D eigenvalue weighted by atomic mass is 35.5. The number of amides is 1. The lowest BCUT2D eigenvalue weighted by Gasteiger charge is -2.12. The number of hydrogen-bond donors (Lipinski definition) is 2. The Balaban J connectivity index is 2.22. The van der Waals surface area contributed by atoms with E-state index in [4.69, 9.17) is 38.4 Å². The van der Waals surface area contributed by atoms with E-state index in [1.54, 1.807) is 24.3 Å². The van der Waals surface area contributed by atoms with E-state index in [2.05, 4.69) is 11.9 Å². The first-order chi connectivity index (χ1) is 11.5. The fraction of sp³-hybridized carbons (Fsp3) is 0.118. The molecule has 2 aromatic carbocycles. The third-order valence-corrected chi connectivity index (χ3v) is 3.74. The van der Waals surface area contributed by atoms with Gasteiger partial charge in [0.05, 0.1) is 22.8 Å². The summed E-state index contributed by atoms with van der Waals surface area (Å²) in [7, 11) is 1.50. The summed E-state index contributed by atoms with van der Waals surface area (Å²) in [5.41, 5.74) is 6.77. The molecule has 0 spiro atoms. The van der Waals surface area contributed by atoms with Crippen LogP contribution >= 0.6 is 23.2 Å². The number of carbonyl (C=O) groups excluding carboxylic acids is 1. The Morgan fingerprint density at radius 1 is 1.25 bits per heavy atom. The topological polar surface area (TPSA) is 73.6 Å². The summed E-state index contributed by atoms with van der Waals surface area (Å²) in [6, 6.07) is 7.91. The highest BCUT2D eigenvalue weighted by Crippen LogP contribution is 2.32. The molecule has 0 saturated carbocycles. The van der Waals surface area contributed by atoms with E-state index in [0.717, 1.165) is 0 Å². The Labute approximate surface area is 150 Å². The van der Waals surface area contributed by atoms with Crippen LogP contribution in [0.4, 0.5) is 11.4 Å². The van der Waals surface area contributed by atoms with Crippen LogP contribution in [-0.2, 0) is 0 Å². The number of anilines is 2. The van der Waals surface area contributed by atoms with E-state index in [-0.39, 0.29) is 21.6 Å². The smallest absolute Gasteiger partial charge is 0.255 e. The van der Waals surface area contributed by atoms with Gasteiger partial charge < -0.3 is 20.5 Å². The zero-order valence-corrected chi connectivity index (χ0v) is 14.4. The van der Waals surface area contributed by atoms with Gasteiger partial charge >= 0.3 is 0 Å². The maximum atomic E-state index is 12.4. The lowest BCUT2D eigenvalue weighted by Crippen LogP contribution is -2.12. The number of halogens is 2. The van der Waals surface area contributed by atoms with Gasteiger partial charge in [0.15, 0.2) is 11.5 Å². The van der Waals surface area contributed by atoms with Crippen LogP contribution in [0.15, 0.2) is 43.0 Å². The predicted molar refractivity (Wildman–Crippen MR) is 97.5 cm³/mol. The van der Waals surface area contributed by atoms with E-state index >= 15 is 0 Å². The molecule has 2 rings (SSSR count). The van der Waals surface area contributed by atoms with E-state index in [1.165, 1.54) is 19.2 Å². The Bertz CT molecular complexity index is 755. The molecular formula is C17H16Cl2N2O3. The van der Waals surface area contributed by atoms with Crippen molar-refractivity contribution >= 4 is 40.5 Å². The molecule has 0 saturated heterocycles. The fourth-order valence-corrected chi connectivity index (χ4v) is 2.42. The van der Waals surface area contributed by atoms with Crippen molar-refractivity contribution < 1.29 is 14.3 Å². The average Bonchev–Trinajstić information content (AvgIpc) is 2.57. The van der Waals surface area contributed by atoms with Crippen LogP contribution in [0.3, 0.4) is 0 Å². The van der Waals surface area contributed by atoms with Crippen molar-refractivity contribution in [2.75, 3.05) is 24.8 Å². The highest BCUT2D eigenvalue weighted by molar-refractivity contribution is 6.39. The third kappa shape index (κ3) is 4.13. The van der Waals surface area contributed by atoms with Gasteiger partial charge in [0.1, 0.15) is 6.61 Å². The van der Waals surface area contributed by atoms with Crippen LogP contribution in [0.5, 0.6) is 11.5 Å². The van der Waals surface area contributed by atoms with Crippen LogP contribution in [0.25, 0.3) is 0 Å². The Morgan fingerprint density at radius 3 is 2.50 bits per heavy atom. The number of ether oxygens (including phenoxy) is 2. The molecule has 0 bridgehead atoms. The van der Waals surface area contributed by atoms with Crippen LogP contribution < -0.4 is 20.5 Å². The number of rotatable bonds is 6. The molecule has 2 aromatic rings. The minimum atomic E-state index is -0.347. The molecule has 0 atom stereocenters. The molecule has 0 aliphatic rings. The molecule has 0 fully saturated rings. The molecule has 3 N–H and O–H groups in total. The molecule has 0 aromatic heterocycles. The van der Waals surface area contributed by atoms with E-state index in [9.17, 15) is 4.79 Å². The van der Waals surface area contributed by atoms with Crippen LogP contribution in [0.1, 0.15) is 10.4 Å². The number of hydrogen-bond acceptors (Lipinski definition) is 4. The van der Waals surface area contributed by atoms with Gasteiger partial charge in [-0.1, -0.05) is 35.9 Å². The summed E-state index contributed by atoms with van der Waals surface area (Å²) in [5.74, 6) is 0.617. The van der Waals surface area contributed by atoms with Crippen molar-refractivity contribution in [3.05, 3.63) is 58.6 Å². The fourth-order valence-electron chi connectivity index (χ4n) is 1.94. The minimum absolute atomic E-state index is 0.265.